The third kappa shape index (κ3) is 6.33. The minimum Gasteiger partial charge on any atom is -0.465 e. The number of hydrogen-bond donors (Lipinski definition) is 3. The highest BCUT2D eigenvalue weighted by Crippen LogP contribution is 2.31. The lowest BCUT2D eigenvalue weighted by molar-refractivity contribution is -0.118. The zero-order valence-electron chi connectivity index (χ0n) is 22.4. The Balaban J connectivity index is 1.40. The van der Waals surface area contributed by atoms with E-state index in [4.69, 9.17) is 0 Å². The van der Waals surface area contributed by atoms with Gasteiger partial charge in [0.15, 0.2) is 0 Å². The van der Waals surface area contributed by atoms with Crippen molar-refractivity contribution in [3.05, 3.63) is 144 Å². The summed E-state index contributed by atoms with van der Waals surface area (Å²) in [6, 6.07) is 31.5. The number of anilines is 1. The van der Waals surface area contributed by atoms with Crippen LogP contribution in [0.4, 0.5) is 14.9 Å². The molecule has 0 bridgehead atoms. The Bertz CT molecular complexity index is 1600. The minimum atomic E-state index is -1.34. The first-order chi connectivity index (χ1) is 19.9. The van der Waals surface area contributed by atoms with Gasteiger partial charge in [0.1, 0.15) is 11.9 Å². The number of rotatable bonds is 9. The molecule has 5 aromatic rings. The first-order valence-corrected chi connectivity index (χ1v) is 13.2. The van der Waals surface area contributed by atoms with Gasteiger partial charge in [-0.2, -0.15) is 5.10 Å². The number of carboxylic acid groups (broad SMARTS) is 1. The quantitative estimate of drug-likeness (QED) is 0.197. The standard InChI is InChI=1S/C33H29FN4O3/c1-22-28(20-35-38(22)21-23-11-5-2-6-12-23)27-18-17-26(19-29(27)34)36-32(39)31(37-33(40)41)30(24-13-7-3-8-14-24)25-15-9-4-10-16-25/h2-20,30-31,37H,21H2,1H3,(H,36,39)(H,40,41)/t31-/m0/s1. The summed E-state index contributed by atoms with van der Waals surface area (Å²) >= 11 is 0. The van der Waals surface area contributed by atoms with Gasteiger partial charge in [0, 0.05) is 28.4 Å². The highest BCUT2D eigenvalue weighted by molar-refractivity contribution is 5.97. The molecule has 5 rings (SSSR count). The van der Waals surface area contributed by atoms with Crippen molar-refractivity contribution < 1.29 is 19.1 Å². The average Bonchev–Trinajstić information content (AvgIpc) is 3.33. The third-order valence-corrected chi connectivity index (χ3v) is 7.02. The van der Waals surface area contributed by atoms with Crippen molar-refractivity contribution in [1.29, 1.82) is 0 Å². The van der Waals surface area contributed by atoms with Crippen molar-refractivity contribution in [2.45, 2.75) is 25.4 Å². The summed E-state index contributed by atoms with van der Waals surface area (Å²) < 4.78 is 17.2. The van der Waals surface area contributed by atoms with E-state index < -0.39 is 29.8 Å². The second-order valence-electron chi connectivity index (χ2n) is 9.70. The molecule has 0 saturated carbocycles. The Morgan fingerprint density at radius 3 is 2.00 bits per heavy atom. The SMILES string of the molecule is Cc1c(-c2ccc(NC(=O)[C@@H](NC(=O)O)C(c3ccccc3)c3ccccc3)cc2F)cnn1Cc1ccccc1. The number of nitrogens with zero attached hydrogens (tertiary/aromatic N) is 2. The molecule has 0 radical (unpaired) electrons. The van der Waals surface area contributed by atoms with Gasteiger partial charge < -0.3 is 15.7 Å². The van der Waals surface area contributed by atoms with E-state index in [1.54, 1.807) is 18.3 Å². The molecule has 3 N–H and O–H groups in total. The molecular formula is C33H29FN4O3. The summed E-state index contributed by atoms with van der Waals surface area (Å²) in [7, 11) is 0. The topological polar surface area (TPSA) is 96.2 Å². The predicted octanol–water partition coefficient (Wildman–Crippen LogP) is 6.45. The van der Waals surface area contributed by atoms with Gasteiger partial charge in [-0.05, 0) is 41.8 Å². The number of carbonyl (C=O) groups is 2. The summed E-state index contributed by atoms with van der Waals surface area (Å²) in [4.78, 5) is 25.3. The van der Waals surface area contributed by atoms with Crippen molar-refractivity contribution in [3.8, 4) is 11.1 Å². The zero-order chi connectivity index (χ0) is 28.8. The molecule has 1 atom stereocenters. The molecule has 7 nitrogen and oxygen atoms in total. The molecule has 0 unspecified atom stereocenters. The Hall–Kier alpha value is -5.24. The minimum absolute atomic E-state index is 0.211. The van der Waals surface area contributed by atoms with Crippen molar-refractivity contribution in [2.24, 2.45) is 0 Å². The molecule has 206 valence electrons. The number of amides is 2. The van der Waals surface area contributed by atoms with E-state index in [0.29, 0.717) is 17.7 Å². The third-order valence-electron chi connectivity index (χ3n) is 7.02. The second-order valence-corrected chi connectivity index (χ2v) is 9.70. The maximum absolute atomic E-state index is 15.4. The van der Waals surface area contributed by atoms with Crippen molar-refractivity contribution >= 4 is 17.7 Å². The first-order valence-electron chi connectivity index (χ1n) is 13.2. The molecule has 41 heavy (non-hydrogen) atoms. The summed E-state index contributed by atoms with van der Waals surface area (Å²) in [5.74, 6) is -1.75. The van der Waals surface area contributed by atoms with Crippen LogP contribution >= 0.6 is 0 Å². The molecule has 1 aromatic heterocycles. The van der Waals surface area contributed by atoms with Crippen LogP contribution in [0, 0.1) is 12.7 Å². The van der Waals surface area contributed by atoms with Crippen molar-refractivity contribution in [1.82, 2.24) is 15.1 Å². The van der Waals surface area contributed by atoms with Crippen LogP contribution in [0.3, 0.4) is 0 Å². The molecule has 0 fully saturated rings. The fourth-order valence-electron chi connectivity index (χ4n) is 4.99. The molecule has 0 spiro atoms. The Kier molecular flexibility index (Phi) is 8.20. The maximum Gasteiger partial charge on any atom is 0.405 e. The van der Waals surface area contributed by atoms with E-state index >= 15 is 4.39 Å². The molecule has 4 aromatic carbocycles. The summed E-state index contributed by atoms with van der Waals surface area (Å²) in [6.45, 7) is 2.44. The molecule has 0 aliphatic rings. The first kappa shape index (κ1) is 27.3. The summed E-state index contributed by atoms with van der Waals surface area (Å²) in [5, 5.41) is 19.1. The van der Waals surface area contributed by atoms with Gasteiger partial charge in [0.05, 0.1) is 12.7 Å². The normalized spacial score (nSPS) is 11.7. The Morgan fingerprint density at radius 2 is 1.44 bits per heavy atom. The van der Waals surface area contributed by atoms with E-state index in [9.17, 15) is 14.7 Å². The number of benzene rings is 4. The fraction of sp³-hybridized carbons (Fsp3) is 0.121. The largest absolute Gasteiger partial charge is 0.465 e. The van der Waals surface area contributed by atoms with E-state index in [-0.39, 0.29) is 5.69 Å². The van der Waals surface area contributed by atoms with E-state index in [1.165, 1.54) is 6.07 Å². The van der Waals surface area contributed by atoms with Gasteiger partial charge in [-0.15, -0.1) is 0 Å². The predicted molar refractivity (Wildman–Crippen MR) is 156 cm³/mol. The van der Waals surface area contributed by atoms with Crippen LogP contribution in [0.25, 0.3) is 11.1 Å². The highest BCUT2D eigenvalue weighted by Gasteiger charge is 2.32. The molecule has 1 heterocycles. The molecule has 0 saturated heterocycles. The molecular weight excluding hydrogens is 519 g/mol. The molecule has 8 heteroatoms. The highest BCUT2D eigenvalue weighted by atomic mass is 19.1. The van der Waals surface area contributed by atoms with Gasteiger partial charge in [0.2, 0.25) is 5.91 Å². The van der Waals surface area contributed by atoms with Crippen molar-refractivity contribution in [2.75, 3.05) is 5.32 Å². The number of nitrogens with one attached hydrogen (secondary N) is 2. The van der Waals surface area contributed by atoms with Gasteiger partial charge in [-0.3, -0.25) is 9.48 Å². The zero-order valence-corrected chi connectivity index (χ0v) is 22.4. The second kappa shape index (κ2) is 12.3. The van der Waals surface area contributed by atoms with Crippen LogP contribution in [0.5, 0.6) is 0 Å². The molecule has 2 amide bonds. The van der Waals surface area contributed by atoms with Crippen LogP contribution in [-0.4, -0.2) is 32.9 Å². The number of aromatic nitrogens is 2. The number of hydrogen-bond acceptors (Lipinski definition) is 3. The average molecular weight is 549 g/mol. The maximum atomic E-state index is 15.4. The van der Waals surface area contributed by atoms with Crippen LogP contribution < -0.4 is 10.6 Å². The molecule has 0 aliphatic heterocycles. The van der Waals surface area contributed by atoms with Gasteiger partial charge in [0.25, 0.3) is 0 Å². The van der Waals surface area contributed by atoms with Crippen LogP contribution in [0.1, 0.15) is 28.3 Å². The van der Waals surface area contributed by atoms with Crippen LogP contribution in [-0.2, 0) is 11.3 Å². The lowest BCUT2D eigenvalue weighted by Gasteiger charge is -2.27. The summed E-state index contributed by atoms with van der Waals surface area (Å²) in [6.07, 6.45) is 0.290. The van der Waals surface area contributed by atoms with Gasteiger partial charge in [-0.1, -0.05) is 91.0 Å². The Morgan fingerprint density at radius 1 is 0.854 bits per heavy atom. The lowest BCUT2D eigenvalue weighted by Crippen LogP contribution is -2.47. The smallest absolute Gasteiger partial charge is 0.405 e. The van der Waals surface area contributed by atoms with Gasteiger partial charge in [-0.25, -0.2) is 9.18 Å². The van der Waals surface area contributed by atoms with Crippen LogP contribution in [0.2, 0.25) is 0 Å². The van der Waals surface area contributed by atoms with Crippen LogP contribution in [0.15, 0.2) is 115 Å². The van der Waals surface area contributed by atoms with Crippen molar-refractivity contribution in [3.63, 3.8) is 0 Å². The lowest BCUT2D eigenvalue weighted by atomic mass is 9.84. The number of carbonyl (C=O) groups excluding carboxylic acids is 1. The van der Waals surface area contributed by atoms with E-state index in [1.807, 2.05) is 103 Å². The number of halogens is 1. The van der Waals surface area contributed by atoms with Gasteiger partial charge >= 0.3 is 6.09 Å². The Labute approximate surface area is 237 Å². The monoisotopic (exact) mass is 548 g/mol. The van der Waals surface area contributed by atoms with E-state index in [2.05, 4.69) is 15.7 Å². The molecule has 0 aliphatic carbocycles. The fourth-order valence-corrected chi connectivity index (χ4v) is 4.99. The van der Waals surface area contributed by atoms with E-state index in [0.717, 1.165) is 22.4 Å². The summed E-state index contributed by atoms with van der Waals surface area (Å²) in [5.41, 5.74) is 4.62.